The van der Waals surface area contributed by atoms with E-state index in [2.05, 4.69) is 16.5 Å². The Morgan fingerprint density at radius 1 is 1.33 bits per heavy atom. The van der Waals surface area contributed by atoms with Crippen molar-refractivity contribution >= 4 is 34.3 Å². The maximum Gasteiger partial charge on any atom is 0.265 e. The lowest BCUT2D eigenvalue weighted by Gasteiger charge is -2.03. The second-order valence-electron chi connectivity index (χ2n) is 4.80. The van der Waals surface area contributed by atoms with E-state index in [1.807, 2.05) is 43.8 Å². The molecule has 6 heteroatoms. The van der Waals surface area contributed by atoms with Crippen LogP contribution in [0.5, 0.6) is 0 Å². The van der Waals surface area contributed by atoms with E-state index in [1.165, 1.54) is 16.2 Å². The molecule has 3 aromatic rings. The largest absolute Gasteiger partial charge is 0.318 e. The first-order valence-electron chi connectivity index (χ1n) is 6.50. The molecule has 0 aliphatic carbocycles. The summed E-state index contributed by atoms with van der Waals surface area (Å²) >= 11 is 3.14. The third-order valence-electron chi connectivity index (χ3n) is 3.38. The third kappa shape index (κ3) is 2.64. The fraction of sp³-hybridized carbons (Fsp3) is 0.200. The summed E-state index contributed by atoms with van der Waals surface area (Å²) in [5.41, 5.74) is 3.68. The van der Waals surface area contributed by atoms with Crippen LogP contribution < -0.4 is 5.32 Å². The number of carbonyl (C=O) groups excluding carboxylic acids is 1. The van der Waals surface area contributed by atoms with Crippen molar-refractivity contribution in [3.8, 4) is 10.4 Å². The van der Waals surface area contributed by atoms with Gasteiger partial charge in [0.15, 0.2) is 0 Å². The molecule has 0 fully saturated rings. The van der Waals surface area contributed by atoms with E-state index >= 15 is 0 Å². The molecule has 4 nitrogen and oxygen atoms in total. The van der Waals surface area contributed by atoms with Gasteiger partial charge in [-0.2, -0.15) is 5.10 Å². The topological polar surface area (TPSA) is 46.9 Å². The van der Waals surface area contributed by atoms with Crippen LogP contribution in [0, 0.1) is 13.8 Å². The maximum atomic E-state index is 12.4. The Labute approximate surface area is 131 Å². The van der Waals surface area contributed by atoms with Crippen LogP contribution in [0.3, 0.4) is 0 Å². The van der Waals surface area contributed by atoms with E-state index in [0.717, 1.165) is 22.6 Å². The Bertz CT molecular complexity index is 784. The lowest BCUT2D eigenvalue weighted by molar-refractivity contribution is 0.103. The molecule has 3 rings (SSSR count). The van der Waals surface area contributed by atoms with Gasteiger partial charge in [0, 0.05) is 22.9 Å². The van der Waals surface area contributed by atoms with Crippen LogP contribution >= 0.6 is 22.7 Å². The maximum absolute atomic E-state index is 12.4. The highest BCUT2D eigenvalue weighted by Gasteiger charge is 2.15. The Morgan fingerprint density at radius 2 is 2.14 bits per heavy atom. The van der Waals surface area contributed by atoms with E-state index in [1.54, 1.807) is 16.0 Å². The molecular formula is C15H15N3OS2. The molecule has 0 bridgehead atoms. The fourth-order valence-electron chi connectivity index (χ4n) is 2.16. The van der Waals surface area contributed by atoms with Crippen LogP contribution in [0.15, 0.2) is 29.0 Å². The van der Waals surface area contributed by atoms with Gasteiger partial charge in [-0.15, -0.1) is 22.7 Å². The first kappa shape index (κ1) is 14.0. The number of nitrogens with zero attached hydrogens (tertiary/aromatic N) is 2. The average Bonchev–Trinajstić information content (AvgIpc) is 3.15. The summed E-state index contributed by atoms with van der Waals surface area (Å²) in [7, 11) is 1.87. The monoisotopic (exact) mass is 317 g/mol. The van der Waals surface area contributed by atoms with Crippen molar-refractivity contribution in [3.05, 3.63) is 45.2 Å². The van der Waals surface area contributed by atoms with Crippen molar-refractivity contribution in [2.75, 3.05) is 5.32 Å². The molecule has 0 aliphatic heterocycles. The van der Waals surface area contributed by atoms with Gasteiger partial charge in [-0.25, -0.2) is 0 Å². The van der Waals surface area contributed by atoms with Gasteiger partial charge in [-0.05, 0) is 31.4 Å². The molecule has 3 heterocycles. The summed E-state index contributed by atoms with van der Waals surface area (Å²) in [4.78, 5) is 14.3. The number of anilines is 1. The van der Waals surface area contributed by atoms with E-state index in [9.17, 15) is 4.79 Å². The second-order valence-corrected chi connectivity index (χ2v) is 6.66. The zero-order valence-corrected chi connectivity index (χ0v) is 13.6. The van der Waals surface area contributed by atoms with Crippen molar-refractivity contribution < 1.29 is 4.79 Å². The van der Waals surface area contributed by atoms with E-state index in [4.69, 9.17) is 0 Å². The zero-order chi connectivity index (χ0) is 15.0. The molecule has 0 unspecified atom stereocenters. The lowest BCUT2D eigenvalue weighted by Crippen LogP contribution is -2.11. The molecule has 1 amide bonds. The third-order valence-corrected chi connectivity index (χ3v) is 5.22. The predicted octanol–water partition coefficient (Wildman–Crippen LogP) is 4.08. The molecular weight excluding hydrogens is 302 g/mol. The predicted molar refractivity (Wildman–Crippen MR) is 88.3 cm³/mol. The van der Waals surface area contributed by atoms with E-state index in [-0.39, 0.29) is 5.91 Å². The standard InChI is InChI=1S/C15H15N3OS2/c1-9-14(10(2)18(3)17-9)16-15(19)13-7-11(8-21-13)12-5-4-6-20-12/h4-8H,1-3H3,(H,16,19). The summed E-state index contributed by atoms with van der Waals surface area (Å²) in [6, 6.07) is 6.01. The lowest BCUT2D eigenvalue weighted by atomic mass is 10.2. The minimum absolute atomic E-state index is 0.0815. The molecule has 1 N–H and O–H groups in total. The number of nitrogens with one attached hydrogen (secondary N) is 1. The summed E-state index contributed by atoms with van der Waals surface area (Å²) in [6.45, 7) is 3.84. The quantitative estimate of drug-likeness (QED) is 0.791. The number of amides is 1. The highest BCUT2D eigenvalue weighted by molar-refractivity contribution is 7.15. The molecule has 0 spiro atoms. The van der Waals surface area contributed by atoms with Crippen molar-refractivity contribution in [2.24, 2.45) is 7.05 Å². The highest BCUT2D eigenvalue weighted by Crippen LogP contribution is 2.30. The Hall–Kier alpha value is -1.92. The zero-order valence-electron chi connectivity index (χ0n) is 12.0. The number of rotatable bonds is 3. The Balaban J connectivity index is 1.83. The van der Waals surface area contributed by atoms with Crippen molar-refractivity contribution in [1.82, 2.24) is 9.78 Å². The first-order chi connectivity index (χ1) is 10.1. The summed E-state index contributed by atoms with van der Waals surface area (Å²) in [5, 5.41) is 11.3. The number of carbonyl (C=O) groups is 1. The van der Waals surface area contributed by atoms with E-state index in [0.29, 0.717) is 4.88 Å². The summed E-state index contributed by atoms with van der Waals surface area (Å²) in [5.74, 6) is -0.0815. The van der Waals surface area contributed by atoms with Crippen molar-refractivity contribution in [3.63, 3.8) is 0 Å². The molecule has 0 atom stereocenters. The number of hydrogen-bond acceptors (Lipinski definition) is 4. The molecule has 21 heavy (non-hydrogen) atoms. The van der Waals surface area contributed by atoms with Gasteiger partial charge in [0.1, 0.15) is 0 Å². The highest BCUT2D eigenvalue weighted by atomic mass is 32.1. The van der Waals surface area contributed by atoms with Gasteiger partial charge in [0.05, 0.1) is 22.0 Å². The fourth-order valence-corrected chi connectivity index (χ4v) is 3.75. The molecule has 108 valence electrons. The minimum atomic E-state index is -0.0815. The smallest absolute Gasteiger partial charge is 0.265 e. The number of hydrogen-bond donors (Lipinski definition) is 1. The average molecular weight is 317 g/mol. The van der Waals surface area contributed by atoms with Crippen LogP contribution in [0.4, 0.5) is 5.69 Å². The van der Waals surface area contributed by atoms with Crippen molar-refractivity contribution in [1.29, 1.82) is 0 Å². The Morgan fingerprint density at radius 3 is 2.76 bits per heavy atom. The molecule has 0 saturated heterocycles. The second kappa shape index (κ2) is 5.46. The first-order valence-corrected chi connectivity index (χ1v) is 8.26. The normalized spacial score (nSPS) is 10.8. The minimum Gasteiger partial charge on any atom is -0.318 e. The van der Waals surface area contributed by atoms with Gasteiger partial charge < -0.3 is 5.32 Å². The molecule has 3 aromatic heterocycles. The van der Waals surface area contributed by atoms with E-state index < -0.39 is 0 Å². The van der Waals surface area contributed by atoms with Crippen LogP contribution in [0.2, 0.25) is 0 Å². The molecule has 0 radical (unpaired) electrons. The van der Waals surface area contributed by atoms with Crippen LogP contribution in [-0.2, 0) is 7.05 Å². The van der Waals surface area contributed by atoms with Crippen LogP contribution in [-0.4, -0.2) is 15.7 Å². The van der Waals surface area contributed by atoms with Crippen LogP contribution in [0.1, 0.15) is 21.1 Å². The SMILES string of the molecule is Cc1nn(C)c(C)c1NC(=O)c1cc(-c2cccs2)cs1. The van der Waals surface area contributed by atoms with Gasteiger partial charge in [-0.3, -0.25) is 9.48 Å². The summed E-state index contributed by atoms with van der Waals surface area (Å²) < 4.78 is 1.77. The Kier molecular flexibility index (Phi) is 3.65. The van der Waals surface area contributed by atoms with Gasteiger partial charge >= 0.3 is 0 Å². The number of thiophene rings is 2. The molecule has 0 aromatic carbocycles. The van der Waals surface area contributed by atoms with Gasteiger partial charge in [0.2, 0.25) is 0 Å². The van der Waals surface area contributed by atoms with Gasteiger partial charge in [-0.1, -0.05) is 6.07 Å². The molecule has 0 aliphatic rings. The number of aromatic nitrogens is 2. The van der Waals surface area contributed by atoms with Gasteiger partial charge in [0.25, 0.3) is 5.91 Å². The number of aryl methyl sites for hydroxylation is 2. The molecule has 0 saturated carbocycles. The summed E-state index contributed by atoms with van der Waals surface area (Å²) in [6.07, 6.45) is 0. The van der Waals surface area contributed by atoms with Crippen LogP contribution in [0.25, 0.3) is 10.4 Å². The van der Waals surface area contributed by atoms with Crippen molar-refractivity contribution in [2.45, 2.75) is 13.8 Å².